The highest BCUT2D eigenvalue weighted by molar-refractivity contribution is 6.66. The highest BCUT2D eigenvalue weighted by Crippen LogP contribution is 2.35. The Hall–Kier alpha value is -1.36. The molecule has 0 amide bonds. The van der Waals surface area contributed by atoms with Gasteiger partial charge in [0.1, 0.15) is 6.33 Å². The monoisotopic (exact) mass is 315 g/mol. The minimum atomic E-state index is -1.77. The first kappa shape index (κ1) is 14.1. The summed E-state index contributed by atoms with van der Waals surface area (Å²) >= 11 is 16.6. The molecule has 1 heterocycles. The van der Waals surface area contributed by atoms with Crippen molar-refractivity contribution in [2.45, 2.75) is 3.79 Å². The Morgan fingerprint density at radius 2 is 1.63 bits per heavy atom. The van der Waals surface area contributed by atoms with Crippen LogP contribution in [0.5, 0.6) is 0 Å². The third-order valence-corrected chi connectivity index (χ3v) is 2.94. The summed E-state index contributed by atoms with van der Waals surface area (Å²) in [4.78, 5) is 18.1. The van der Waals surface area contributed by atoms with Crippen LogP contribution >= 0.6 is 34.8 Å². The number of nitrogens with zero attached hydrogens (tertiary/aromatic N) is 3. The second-order valence-electron chi connectivity index (χ2n) is 3.61. The summed E-state index contributed by atoms with van der Waals surface area (Å²) in [5.41, 5.74) is 2.26. The predicted molar refractivity (Wildman–Crippen MR) is 77.4 cm³/mol. The summed E-state index contributed by atoms with van der Waals surface area (Å²) in [6, 6.07) is 8.48. The van der Waals surface area contributed by atoms with Gasteiger partial charge in [0, 0.05) is 6.20 Å². The van der Waals surface area contributed by atoms with Crippen LogP contribution in [0.15, 0.2) is 42.0 Å². The van der Waals surface area contributed by atoms with Crippen LogP contribution < -0.4 is 5.69 Å². The number of benzene rings is 1. The lowest BCUT2D eigenvalue weighted by atomic mass is 9.95. The summed E-state index contributed by atoms with van der Waals surface area (Å²) < 4.78 is -0.802. The van der Waals surface area contributed by atoms with Gasteiger partial charge >= 0.3 is 5.69 Å². The van der Waals surface area contributed by atoms with Crippen LogP contribution in [0.1, 0.15) is 5.82 Å². The van der Waals surface area contributed by atoms with Gasteiger partial charge in [-0.25, -0.2) is 9.78 Å². The molecule has 1 aromatic heterocycles. The number of rotatable bonds is 1. The summed E-state index contributed by atoms with van der Waals surface area (Å²) in [7, 11) is 0. The van der Waals surface area contributed by atoms with E-state index in [2.05, 4.69) is 40.8 Å². The Labute approximate surface area is 124 Å². The lowest BCUT2D eigenvalue weighted by molar-refractivity contribution is 0.804. The molecule has 0 bridgehead atoms. The predicted octanol–water partition coefficient (Wildman–Crippen LogP) is 3.23. The van der Waals surface area contributed by atoms with Crippen LogP contribution in [-0.2, 0) is 3.79 Å². The van der Waals surface area contributed by atoms with Gasteiger partial charge in [0.05, 0.1) is 0 Å². The summed E-state index contributed by atoms with van der Waals surface area (Å²) in [6.45, 7) is 3.37. The van der Waals surface area contributed by atoms with Crippen molar-refractivity contribution in [3.8, 4) is 11.1 Å². The molecule has 0 N–H and O–H groups in total. The van der Waals surface area contributed by atoms with Gasteiger partial charge in [-0.05, 0) is 11.1 Å². The number of fused-ring (bicyclic) bond motifs is 1. The third-order valence-electron chi connectivity index (χ3n) is 2.44. The van der Waals surface area contributed by atoms with Gasteiger partial charge in [0.25, 0.3) is 0 Å². The molecular weight excluding hydrogens is 309 g/mol. The number of halogens is 3. The fourth-order valence-corrected chi connectivity index (χ4v) is 1.80. The molecule has 0 atom stereocenters. The van der Waals surface area contributed by atoms with E-state index in [9.17, 15) is 4.79 Å². The molecular formula is C12H8Cl3N3O. The highest BCUT2D eigenvalue weighted by Gasteiger charge is 2.28. The third kappa shape index (κ3) is 2.97. The van der Waals surface area contributed by atoms with Gasteiger partial charge < -0.3 is 0 Å². The average Bonchev–Trinajstić information content (AvgIpc) is 2.33. The second-order valence-corrected chi connectivity index (χ2v) is 5.89. The molecule has 19 heavy (non-hydrogen) atoms. The lowest BCUT2D eigenvalue weighted by Crippen LogP contribution is -2.26. The maximum atomic E-state index is 11.1. The van der Waals surface area contributed by atoms with Gasteiger partial charge in [0.2, 0.25) is 3.79 Å². The van der Waals surface area contributed by atoms with E-state index in [4.69, 9.17) is 34.8 Å². The molecule has 0 radical (unpaired) electrons. The highest BCUT2D eigenvalue weighted by atomic mass is 35.6. The van der Waals surface area contributed by atoms with Crippen molar-refractivity contribution in [3.63, 3.8) is 0 Å². The van der Waals surface area contributed by atoms with E-state index in [0.717, 1.165) is 10.9 Å². The normalized spacial score (nSPS) is 11.3. The molecule has 0 saturated heterocycles. The van der Waals surface area contributed by atoms with Crippen molar-refractivity contribution in [1.82, 2.24) is 14.5 Å². The summed E-state index contributed by atoms with van der Waals surface area (Å²) in [5, 5.41) is 0. The molecule has 0 aliphatic heterocycles. The largest absolute Gasteiger partial charge is 0.354 e. The van der Waals surface area contributed by atoms with E-state index in [1.165, 1.54) is 17.3 Å². The lowest BCUT2D eigenvalue weighted by Gasteiger charge is -2.12. The minimum absolute atomic E-state index is 0.0347. The SMILES string of the molecule is C=Cn1c(C(Cl)(Cl)Cl)ncnc1=O.c1cc2ccc1-2. The first-order chi connectivity index (χ1) is 8.93. The second kappa shape index (κ2) is 5.33. The van der Waals surface area contributed by atoms with Crippen LogP contribution in [0.2, 0.25) is 0 Å². The van der Waals surface area contributed by atoms with Crippen LogP contribution in [-0.4, -0.2) is 14.5 Å². The van der Waals surface area contributed by atoms with Gasteiger partial charge in [-0.1, -0.05) is 65.6 Å². The molecule has 3 rings (SSSR count). The Morgan fingerprint density at radius 1 is 1.11 bits per heavy atom. The minimum Gasteiger partial charge on any atom is -0.252 e. The molecule has 2 aliphatic rings. The Morgan fingerprint density at radius 3 is 1.89 bits per heavy atom. The molecule has 2 aliphatic carbocycles. The quantitative estimate of drug-likeness (QED) is 0.648. The zero-order valence-corrected chi connectivity index (χ0v) is 11.8. The van der Waals surface area contributed by atoms with E-state index in [1.807, 2.05) is 0 Å². The molecule has 0 spiro atoms. The molecule has 0 aromatic carbocycles. The van der Waals surface area contributed by atoms with Crippen molar-refractivity contribution in [3.05, 3.63) is 53.5 Å². The van der Waals surface area contributed by atoms with Crippen LogP contribution in [0.3, 0.4) is 0 Å². The fraction of sp³-hybridized carbons (Fsp3) is 0.0833. The van der Waals surface area contributed by atoms with Gasteiger partial charge in [-0.3, -0.25) is 4.57 Å². The maximum Gasteiger partial charge on any atom is 0.354 e. The van der Waals surface area contributed by atoms with Crippen molar-refractivity contribution >= 4 is 41.0 Å². The smallest absolute Gasteiger partial charge is 0.252 e. The van der Waals surface area contributed by atoms with Crippen molar-refractivity contribution < 1.29 is 0 Å². The number of hydrogen-bond acceptors (Lipinski definition) is 3. The van der Waals surface area contributed by atoms with E-state index in [-0.39, 0.29) is 5.82 Å². The Kier molecular flexibility index (Phi) is 3.94. The van der Waals surface area contributed by atoms with E-state index in [1.54, 1.807) is 0 Å². The van der Waals surface area contributed by atoms with Crippen molar-refractivity contribution in [2.24, 2.45) is 0 Å². The molecule has 0 unspecified atom stereocenters. The van der Waals surface area contributed by atoms with Crippen LogP contribution in [0, 0.1) is 0 Å². The zero-order chi connectivity index (χ0) is 14.0. The summed E-state index contributed by atoms with van der Waals surface area (Å²) in [6.07, 6.45) is 2.21. The van der Waals surface area contributed by atoms with Gasteiger partial charge in [-0.15, -0.1) is 0 Å². The van der Waals surface area contributed by atoms with E-state index in [0.29, 0.717) is 0 Å². The Bertz CT molecular complexity index is 638. The van der Waals surface area contributed by atoms with E-state index < -0.39 is 9.48 Å². The van der Waals surface area contributed by atoms with E-state index >= 15 is 0 Å². The van der Waals surface area contributed by atoms with Gasteiger partial charge in [0.15, 0.2) is 5.82 Å². The van der Waals surface area contributed by atoms with Crippen LogP contribution in [0.4, 0.5) is 0 Å². The standard InChI is InChI=1S/C6H4Cl3N3O.C6H4/c1-2-12-4(6(7,8)9)10-3-11-5(12)13;1-2-6-4-3-5(1)6/h2-3H,1H2;1-4H. The maximum absolute atomic E-state index is 11.1. The fourth-order valence-electron chi connectivity index (χ4n) is 1.38. The molecule has 1 aromatic rings. The van der Waals surface area contributed by atoms with Crippen molar-refractivity contribution in [1.29, 1.82) is 0 Å². The zero-order valence-electron chi connectivity index (χ0n) is 9.55. The average molecular weight is 317 g/mol. The topological polar surface area (TPSA) is 47.8 Å². The summed E-state index contributed by atoms with van der Waals surface area (Å²) in [5.74, 6) is -0.0347. The first-order valence-corrected chi connectivity index (χ1v) is 6.30. The number of aromatic nitrogens is 3. The molecule has 4 nitrogen and oxygen atoms in total. The Balaban J connectivity index is 0.000000180. The van der Waals surface area contributed by atoms with Crippen molar-refractivity contribution in [2.75, 3.05) is 0 Å². The number of alkyl halides is 3. The molecule has 7 heteroatoms. The molecule has 0 fully saturated rings. The van der Waals surface area contributed by atoms with Crippen LogP contribution in [0.25, 0.3) is 17.3 Å². The molecule has 98 valence electrons. The molecule has 0 saturated carbocycles. The van der Waals surface area contributed by atoms with Gasteiger partial charge in [-0.2, -0.15) is 4.98 Å². The first-order valence-electron chi connectivity index (χ1n) is 5.17. The number of hydrogen-bond donors (Lipinski definition) is 0.